The lowest BCUT2D eigenvalue weighted by Gasteiger charge is -2.40. The van der Waals surface area contributed by atoms with Crippen LogP contribution in [-0.2, 0) is 0 Å². The summed E-state index contributed by atoms with van der Waals surface area (Å²) >= 11 is 0. The third-order valence-electron chi connectivity index (χ3n) is 4.92. The van der Waals surface area contributed by atoms with Gasteiger partial charge in [-0.3, -0.25) is 9.80 Å². The molecule has 0 N–H and O–H groups in total. The van der Waals surface area contributed by atoms with Crippen molar-refractivity contribution >= 4 is 0 Å². The molecule has 0 radical (unpaired) electrons. The third kappa shape index (κ3) is 5.71. The fraction of sp³-hybridized carbons (Fsp3) is 1.00. The second-order valence-electron chi connectivity index (χ2n) is 8.21. The van der Waals surface area contributed by atoms with E-state index < -0.39 is 0 Å². The smallest absolute Gasteiger partial charge is 0.0507 e. The molecule has 0 bridgehead atoms. The Bertz CT molecular complexity index is 268. The predicted octanol–water partition coefficient (Wildman–Crippen LogP) is 2.73. The van der Waals surface area contributed by atoms with E-state index in [9.17, 15) is 0 Å². The first kappa shape index (κ1) is 16.3. The maximum atomic E-state index is 2.66. The zero-order valence-electron chi connectivity index (χ0n) is 14.2. The van der Waals surface area contributed by atoms with Crippen LogP contribution in [-0.4, -0.2) is 67.2 Å². The molecule has 2 rings (SSSR count). The van der Waals surface area contributed by atoms with Crippen LogP contribution < -0.4 is 0 Å². The summed E-state index contributed by atoms with van der Waals surface area (Å²) in [4.78, 5) is 7.97. The highest BCUT2D eigenvalue weighted by atomic mass is 15.3. The van der Waals surface area contributed by atoms with Crippen molar-refractivity contribution in [2.75, 3.05) is 52.5 Å². The SMILES string of the molecule is CC1CCN(CN2CCN(CCC(C)(C)C)CC2)CC1. The zero-order valence-corrected chi connectivity index (χ0v) is 14.2. The van der Waals surface area contributed by atoms with E-state index in [0.717, 1.165) is 5.92 Å². The minimum atomic E-state index is 0.474. The highest BCUT2D eigenvalue weighted by molar-refractivity contribution is 4.76. The van der Waals surface area contributed by atoms with Crippen LogP contribution in [0.5, 0.6) is 0 Å². The standard InChI is InChI=1S/C17H35N3/c1-16-5-8-19(9-6-16)15-20-13-11-18(12-14-20)10-7-17(2,3)4/h16H,5-15H2,1-4H3. The van der Waals surface area contributed by atoms with Gasteiger partial charge >= 0.3 is 0 Å². The van der Waals surface area contributed by atoms with Crippen LogP contribution in [0.2, 0.25) is 0 Å². The fourth-order valence-electron chi connectivity index (χ4n) is 3.13. The number of likely N-dealkylation sites (tertiary alicyclic amines) is 1. The molecule has 2 saturated heterocycles. The molecule has 20 heavy (non-hydrogen) atoms. The van der Waals surface area contributed by atoms with Gasteiger partial charge in [-0.1, -0.05) is 27.7 Å². The molecule has 0 unspecified atom stereocenters. The van der Waals surface area contributed by atoms with Crippen molar-refractivity contribution in [2.24, 2.45) is 11.3 Å². The first-order valence-electron chi connectivity index (χ1n) is 8.59. The van der Waals surface area contributed by atoms with E-state index in [2.05, 4.69) is 42.4 Å². The zero-order chi connectivity index (χ0) is 14.6. The van der Waals surface area contributed by atoms with Crippen molar-refractivity contribution in [3.63, 3.8) is 0 Å². The minimum Gasteiger partial charge on any atom is -0.301 e. The van der Waals surface area contributed by atoms with Crippen LogP contribution in [0.15, 0.2) is 0 Å². The van der Waals surface area contributed by atoms with Crippen molar-refractivity contribution in [1.82, 2.24) is 14.7 Å². The molecular weight excluding hydrogens is 246 g/mol. The maximum Gasteiger partial charge on any atom is 0.0507 e. The van der Waals surface area contributed by atoms with E-state index in [-0.39, 0.29) is 0 Å². The molecule has 0 spiro atoms. The fourth-order valence-corrected chi connectivity index (χ4v) is 3.13. The minimum absolute atomic E-state index is 0.474. The highest BCUT2D eigenvalue weighted by Crippen LogP contribution is 2.20. The molecule has 0 amide bonds. The van der Waals surface area contributed by atoms with Gasteiger partial charge in [0.05, 0.1) is 6.67 Å². The van der Waals surface area contributed by atoms with Crippen LogP contribution >= 0.6 is 0 Å². The van der Waals surface area contributed by atoms with Gasteiger partial charge in [0.1, 0.15) is 0 Å². The van der Waals surface area contributed by atoms with Gasteiger partial charge in [-0.15, -0.1) is 0 Å². The van der Waals surface area contributed by atoms with E-state index in [0.29, 0.717) is 5.41 Å². The second-order valence-corrected chi connectivity index (χ2v) is 8.21. The van der Waals surface area contributed by atoms with Gasteiger partial charge in [0.2, 0.25) is 0 Å². The van der Waals surface area contributed by atoms with Crippen LogP contribution in [0, 0.1) is 11.3 Å². The number of piperazine rings is 1. The predicted molar refractivity (Wildman–Crippen MR) is 86.9 cm³/mol. The molecule has 3 nitrogen and oxygen atoms in total. The van der Waals surface area contributed by atoms with Gasteiger partial charge in [0, 0.05) is 26.2 Å². The van der Waals surface area contributed by atoms with Crippen LogP contribution in [0.4, 0.5) is 0 Å². The monoisotopic (exact) mass is 281 g/mol. The van der Waals surface area contributed by atoms with Crippen molar-refractivity contribution in [3.8, 4) is 0 Å². The number of nitrogens with zero attached hydrogens (tertiary/aromatic N) is 3. The highest BCUT2D eigenvalue weighted by Gasteiger charge is 2.22. The average molecular weight is 281 g/mol. The van der Waals surface area contributed by atoms with E-state index in [1.165, 1.54) is 71.7 Å². The van der Waals surface area contributed by atoms with E-state index >= 15 is 0 Å². The molecule has 0 saturated carbocycles. The van der Waals surface area contributed by atoms with E-state index in [1.54, 1.807) is 0 Å². The maximum absolute atomic E-state index is 2.66. The molecular formula is C17H35N3. The molecule has 118 valence electrons. The topological polar surface area (TPSA) is 9.72 Å². The molecule has 0 aromatic carbocycles. The van der Waals surface area contributed by atoms with Gasteiger partial charge in [0.15, 0.2) is 0 Å². The Kier molecular flexibility index (Phi) is 5.88. The molecule has 2 aliphatic rings. The second kappa shape index (κ2) is 7.24. The summed E-state index contributed by atoms with van der Waals surface area (Å²) < 4.78 is 0. The third-order valence-corrected chi connectivity index (χ3v) is 4.92. The van der Waals surface area contributed by atoms with Gasteiger partial charge in [0.25, 0.3) is 0 Å². The lowest BCUT2D eigenvalue weighted by molar-refractivity contribution is 0.0544. The summed E-state index contributed by atoms with van der Waals surface area (Å²) in [5, 5.41) is 0. The molecule has 2 aliphatic heterocycles. The average Bonchev–Trinajstić information content (AvgIpc) is 2.40. The van der Waals surface area contributed by atoms with Crippen molar-refractivity contribution in [3.05, 3.63) is 0 Å². The number of hydrogen-bond donors (Lipinski definition) is 0. The van der Waals surface area contributed by atoms with Gasteiger partial charge < -0.3 is 4.90 Å². The summed E-state index contributed by atoms with van der Waals surface area (Å²) in [6, 6.07) is 0. The van der Waals surface area contributed by atoms with Crippen molar-refractivity contribution in [2.45, 2.75) is 47.0 Å². The van der Waals surface area contributed by atoms with E-state index in [1.807, 2.05) is 0 Å². The Labute approximate surface area is 126 Å². The summed E-state index contributed by atoms with van der Waals surface area (Å²) in [7, 11) is 0. The first-order chi connectivity index (χ1) is 9.42. The Morgan fingerprint density at radius 3 is 1.85 bits per heavy atom. The molecule has 0 aliphatic carbocycles. The summed E-state index contributed by atoms with van der Waals surface area (Å²) in [6.07, 6.45) is 4.11. The first-order valence-corrected chi connectivity index (χ1v) is 8.59. The van der Waals surface area contributed by atoms with Gasteiger partial charge in [-0.2, -0.15) is 0 Å². The Morgan fingerprint density at radius 1 is 0.800 bits per heavy atom. The quantitative estimate of drug-likeness (QED) is 0.784. The van der Waals surface area contributed by atoms with Gasteiger partial charge in [-0.25, -0.2) is 0 Å². The van der Waals surface area contributed by atoms with E-state index in [4.69, 9.17) is 0 Å². The lowest BCUT2D eigenvalue weighted by atomic mass is 9.92. The molecule has 2 fully saturated rings. The molecule has 0 atom stereocenters. The van der Waals surface area contributed by atoms with Crippen molar-refractivity contribution < 1.29 is 0 Å². The summed E-state index contributed by atoms with van der Waals surface area (Å²) in [5.74, 6) is 0.945. The van der Waals surface area contributed by atoms with Crippen LogP contribution in [0.3, 0.4) is 0 Å². The number of hydrogen-bond acceptors (Lipinski definition) is 3. The van der Waals surface area contributed by atoms with Crippen LogP contribution in [0.1, 0.15) is 47.0 Å². The summed E-state index contributed by atoms with van der Waals surface area (Å²) in [6.45, 7) is 19.6. The summed E-state index contributed by atoms with van der Waals surface area (Å²) in [5.41, 5.74) is 0.474. The molecule has 0 aromatic rings. The number of rotatable bonds is 4. The number of piperidine rings is 1. The molecule has 0 aromatic heterocycles. The van der Waals surface area contributed by atoms with Crippen molar-refractivity contribution in [1.29, 1.82) is 0 Å². The Balaban J connectivity index is 1.62. The Hall–Kier alpha value is -0.120. The largest absolute Gasteiger partial charge is 0.301 e. The van der Waals surface area contributed by atoms with Gasteiger partial charge in [-0.05, 0) is 50.2 Å². The lowest BCUT2D eigenvalue weighted by Crippen LogP contribution is -2.51. The normalized spacial score (nSPS) is 25.2. The van der Waals surface area contributed by atoms with Crippen LogP contribution in [0.25, 0.3) is 0 Å². The molecule has 2 heterocycles. The Morgan fingerprint density at radius 2 is 1.30 bits per heavy atom. The molecule has 3 heteroatoms.